The molecule has 3 amide bonds. The molecule has 3 rings (SSSR count). The van der Waals surface area contributed by atoms with Crippen LogP contribution in [0.15, 0.2) is 24.3 Å². The molecular formula is C18H21ClN2O3. The lowest BCUT2D eigenvalue weighted by molar-refractivity contribution is -0.141. The molecule has 0 aromatic heterocycles. The van der Waals surface area contributed by atoms with E-state index >= 15 is 0 Å². The second kappa shape index (κ2) is 6.55. The van der Waals surface area contributed by atoms with Crippen molar-refractivity contribution in [1.82, 2.24) is 4.90 Å². The van der Waals surface area contributed by atoms with Gasteiger partial charge >= 0.3 is 0 Å². The molecule has 1 saturated heterocycles. The third-order valence-electron chi connectivity index (χ3n) is 4.79. The van der Waals surface area contributed by atoms with E-state index < -0.39 is 6.04 Å². The Kier molecular flexibility index (Phi) is 4.63. The zero-order chi connectivity index (χ0) is 17.4. The van der Waals surface area contributed by atoms with Gasteiger partial charge in [-0.1, -0.05) is 18.5 Å². The Labute approximate surface area is 146 Å². The number of anilines is 1. The quantitative estimate of drug-likeness (QED) is 0.768. The number of hydrogen-bond acceptors (Lipinski definition) is 3. The number of carbonyl (C=O) groups excluding carboxylic acids is 3. The fraction of sp³-hybridized carbons (Fsp3) is 0.500. The summed E-state index contributed by atoms with van der Waals surface area (Å²) in [6.07, 6.45) is 2.55. The molecule has 0 radical (unpaired) electrons. The summed E-state index contributed by atoms with van der Waals surface area (Å²) >= 11 is 5.87. The number of imide groups is 1. The van der Waals surface area contributed by atoms with E-state index in [1.54, 1.807) is 29.2 Å². The highest BCUT2D eigenvalue weighted by atomic mass is 35.5. The molecule has 1 aromatic carbocycles. The summed E-state index contributed by atoms with van der Waals surface area (Å²) < 4.78 is 0. The van der Waals surface area contributed by atoms with E-state index in [0.717, 1.165) is 19.3 Å². The highest BCUT2D eigenvalue weighted by molar-refractivity contribution is 6.30. The van der Waals surface area contributed by atoms with E-state index in [4.69, 9.17) is 11.6 Å². The van der Waals surface area contributed by atoms with Crippen LogP contribution in [0, 0.1) is 5.92 Å². The molecular weight excluding hydrogens is 328 g/mol. The van der Waals surface area contributed by atoms with Crippen molar-refractivity contribution in [3.8, 4) is 0 Å². The number of rotatable bonds is 5. The van der Waals surface area contributed by atoms with Crippen LogP contribution in [-0.4, -0.2) is 34.7 Å². The summed E-state index contributed by atoms with van der Waals surface area (Å²) in [4.78, 5) is 40.8. The third-order valence-corrected chi connectivity index (χ3v) is 5.04. The Balaban J connectivity index is 1.88. The van der Waals surface area contributed by atoms with Crippen molar-refractivity contribution in [1.29, 1.82) is 0 Å². The van der Waals surface area contributed by atoms with Crippen LogP contribution in [-0.2, 0) is 14.4 Å². The Bertz CT molecular complexity index is 669. The average Bonchev–Trinajstić information content (AvgIpc) is 3.36. The lowest BCUT2D eigenvalue weighted by atomic mass is 10.1. The molecule has 0 N–H and O–H groups in total. The Morgan fingerprint density at radius 2 is 1.92 bits per heavy atom. The first-order valence-electron chi connectivity index (χ1n) is 8.38. The Hall–Kier alpha value is -1.88. The minimum Gasteiger partial charge on any atom is -0.327 e. The molecule has 0 bridgehead atoms. The molecule has 5 nitrogen and oxygen atoms in total. The summed E-state index contributed by atoms with van der Waals surface area (Å²) in [5.41, 5.74) is 0.500. The number of hydrogen-bond donors (Lipinski definition) is 0. The van der Waals surface area contributed by atoms with Gasteiger partial charge in [0.25, 0.3) is 5.91 Å². The SMILES string of the molecule is CCC(C)N(C(=O)C1CC1)C1CC(=O)N(c2ccc(Cl)cc2)C1=O. The second-order valence-corrected chi connectivity index (χ2v) is 6.98. The maximum absolute atomic E-state index is 12.9. The standard InChI is InChI=1S/C18H21ClN2O3/c1-3-11(2)20(17(23)12-4-5-12)15-10-16(22)21(18(15)24)14-8-6-13(19)7-9-14/h6-9,11-12,15H,3-5,10H2,1-2H3. The topological polar surface area (TPSA) is 57.7 Å². The lowest BCUT2D eigenvalue weighted by Gasteiger charge is -2.33. The monoisotopic (exact) mass is 348 g/mol. The van der Waals surface area contributed by atoms with Gasteiger partial charge < -0.3 is 4.90 Å². The minimum atomic E-state index is -0.698. The number of carbonyl (C=O) groups is 3. The van der Waals surface area contributed by atoms with Gasteiger partial charge in [0.05, 0.1) is 12.1 Å². The van der Waals surface area contributed by atoms with Gasteiger partial charge in [0, 0.05) is 17.0 Å². The molecule has 24 heavy (non-hydrogen) atoms. The zero-order valence-electron chi connectivity index (χ0n) is 13.9. The van der Waals surface area contributed by atoms with Gasteiger partial charge in [-0.3, -0.25) is 14.4 Å². The number of nitrogens with zero attached hydrogens (tertiary/aromatic N) is 2. The minimum absolute atomic E-state index is 0.00783. The Morgan fingerprint density at radius 1 is 1.29 bits per heavy atom. The van der Waals surface area contributed by atoms with E-state index in [1.165, 1.54) is 4.90 Å². The van der Waals surface area contributed by atoms with Crippen LogP contribution in [0.4, 0.5) is 5.69 Å². The van der Waals surface area contributed by atoms with Crippen molar-refractivity contribution in [3.63, 3.8) is 0 Å². The van der Waals surface area contributed by atoms with Crippen molar-refractivity contribution < 1.29 is 14.4 Å². The molecule has 2 atom stereocenters. The van der Waals surface area contributed by atoms with Crippen LogP contribution in [0.25, 0.3) is 0 Å². The molecule has 2 unspecified atom stereocenters. The average molecular weight is 349 g/mol. The van der Waals surface area contributed by atoms with Gasteiger partial charge in [0.15, 0.2) is 0 Å². The van der Waals surface area contributed by atoms with E-state index in [9.17, 15) is 14.4 Å². The van der Waals surface area contributed by atoms with Crippen LogP contribution in [0.1, 0.15) is 39.5 Å². The maximum atomic E-state index is 12.9. The van der Waals surface area contributed by atoms with Crippen LogP contribution in [0.3, 0.4) is 0 Å². The smallest absolute Gasteiger partial charge is 0.257 e. The number of halogens is 1. The predicted molar refractivity (Wildman–Crippen MR) is 91.7 cm³/mol. The molecule has 1 saturated carbocycles. The lowest BCUT2D eigenvalue weighted by Crippen LogP contribution is -2.50. The van der Waals surface area contributed by atoms with Gasteiger partial charge in [-0.25, -0.2) is 4.90 Å². The normalized spacial score (nSPS) is 22.0. The van der Waals surface area contributed by atoms with Gasteiger partial charge in [-0.2, -0.15) is 0 Å². The third kappa shape index (κ3) is 3.05. The summed E-state index contributed by atoms with van der Waals surface area (Å²) in [5, 5.41) is 0.541. The Morgan fingerprint density at radius 3 is 2.46 bits per heavy atom. The van der Waals surface area contributed by atoms with Gasteiger partial charge in [-0.05, 0) is 50.5 Å². The molecule has 1 heterocycles. The predicted octanol–water partition coefficient (Wildman–Crippen LogP) is 3.01. The largest absolute Gasteiger partial charge is 0.327 e. The van der Waals surface area contributed by atoms with Crippen LogP contribution >= 0.6 is 11.6 Å². The van der Waals surface area contributed by atoms with E-state index in [1.807, 2.05) is 13.8 Å². The molecule has 0 spiro atoms. The van der Waals surface area contributed by atoms with E-state index in [-0.39, 0.29) is 36.1 Å². The summed E-state index contributed by atoms with van der Waals surface area (Å²) in [7, 11) is 0. The summed E-state index contributed by atoms with van der Waals surface area (Å²) in [6, 6.07) is 5.83. The van der Waals surface area contributed by atoms with Gasteiger partial charge in [0.2, 0.25) is 11.8 Å². The summed E-state index contributed by atoms with van der Waals surface area (Å²) in [5.74, 6) is -0.569. The molecule has 1 aliphatic heterocycles. The first-order chi connectivity index (χ1) is 11.4. The molecule has 1 aliphatic carbocycles. The van der Waals surface area contributed by atoms with Crippen molar-refractivity contribution in [2.75, 3.05) is 4.90 Å². The molecule has 2 aliphatic rings. The van der Waals surface area contributed by atoms with Crippen LogP contribution in [0.5, 0.6) is 0 Å². The van der Waals surface area contributed by atoms with Crippen LogP contribution < -0.4 is 4.90 Å². The maximum Gasteiger partial charge on any atom is 0.257 e. The second-order valence-electron chi connectivity index (χ2n) is 6.54. The zero-order valence-corrected chi connectivity index (χ0v) is 14.6. The van der Waals surface area contributed by atoms with Crippen molar-refractivity contribution in [2.45, 2.75) is 51.6 Å². The van der Waals surface area contributed by atoms with E-state index in [0.29, 0.717) is 10.7 Å². The van der Waals surface area contributed by atoms with E-state index in [2.05, 4.69) is 0 Å². The highest BCUT2D eigenvalue weighted by Crippen LogP contribution is 2.35. The first-order valence-corrected chi connectivity index (χ1v) is 8.76. The summed E-state index contributed by atoms with van der Waals surface area (Å²) in [6.45, 7) is 3.92. The molecule has 1 aromatic rings. The van der Waals surface area contributed by atoms with Gasteiger partial charge in [-0.15, -0.1) is 0 Å². The van der Waals surface area contributed by atoms with Gasteiger partial charge in [0.1, 0.15) is 6.04 Å². The number of benzene rings is 1. The first kappa shape index (κ1) is 17.0. The fourth-order valence-corrected chi connectivity index (χ4v) is 3.24. The van der Waals surface area contributed by atoms with Crippen molar-refractivity contribution >= 4 is 35.0 Å². The van der Waals surface area contributed by atoms with Crippen molar-refractivity contribution in [3.05, 3.63) is 29.3 Å². The fourth-order valence-electron chi connectivity index (χ4n) is 3.11. The molecule has 6 heteroatoms. The molecule has 128 valence electrons. The van der Waals surface area contributed by atoms with Crippen LogP contribution in [0.2, 0.25) is 5.02 Å². The highest BCUT2D eigenvalue weighted by Gasteiger charge is 2.47. The molecule has 2 fully saturated rings. The van der Waals surface area contributed by atoms with Crippen molar-refractivity contribution in [2.24, 2.45) is 5.92 Å². The number of amides is 3.